The molecular formula is C21H25NO4S. The minimum absolute atomic E-state index is 0.0199. The number of methoxy groups -OCH3 is 2. The number of fused-ring (bicyclic) bond motifs is 1. The first-order valence-corrected chi connectivity index (χ1v) is 10.2. The predicted molar refractivity (Wildman–Crippen MR) is 107 cm³/mol. The van der Waals surface area contributed by atoms with Crippen molar-refractivity contribution >= 4 is 20.9 Å². The van der Waals surface area contributed by atoms with Crippen molar-refractivity contribution in [2.75, 3.05) is 14.2 Å². The van der Waals surface area contributed by atoms with E-state index in [9.17, 15) is 8.42 Å². The first-order chi connectivity index (χ1) is 12.7. The maximum Gasteiger partial charge on any atom is 0.268 e. The summed E-state index contributed by atoms with van der Waals surface area (Å²) in [5.74, 6) is 1.32. The van der Waals surface area contributed by atoms with E-state index in [-0.39, 0.29) is 10.3 Å². The second kappa shape index (κ2) is 6.93. The molecule has 6 heteroatoms. The number of ether oxygens (including phenoxy) is 2. The molecule has 0 aliphatic heterocycles. The fourth-order valence-corrected chi connectivity index (χ4v) is 4.54. The summed E-state index contributed by atoms with van der Waals surface area (Å²) in [6.45, 7) is 6.40. The lowest BCUT2D eigenvalue weighted by Gasteiger charge is -2.17. The fourth-order valence-electron chi connectivity index (χ4n) is 3.14. The normalized spacial score (nSPS) is 12.3. The van der Waals surface area contributed by atoms with E-state index in [1.807, 2.05) is 6.07 Å². The van der Waals surface area contributed by atoms with Gasteiger partial charge in [0.2, 0.25) is 0 Å². The SMILES string of the molecule is COc1ccc(S(=O)(=O)n2cc(CC(C)(C)C)c3cc(OC)ccc32)cc1. The largest absolute Gasteiger partial charge is 0.497 e. The molecule has 2 aromatic carbocycles. The molecule has 0 N–H and O–H groups in total. The lowest BCUT2D eigenvalue weighted by atomic mass is 9.88. The van der Waals surface area contributed by atoms with Crippen molar-refractivity contribution in [3.05, 3.63) is 54.2 Å². The van der Waals surface area contributed by atoms with E-state index >= 15 is 0 Å². The second-order valence-electron chi connectivity index (χ2n) is 7.75. The van der Waals surface area contributed by atoms with Crippen LogP contribution >= 0.6 is 0 Å². The molecule has 0 amide bonds. The Morgan fingerprint density at radius 3 is 2.07 bits per heavy atom. The van der Waals surface area contributed by atoms with Crippen LogP contribution in [0.15, 0.2) is 53.6 Å². The number of aromatic nitrogens is 1. The van der Waals surface area contributed by atoms with Crippen LogP contribution in [0, 0.1) is 5.41 Å². The summed E-state index contributed by atoms with van der Waals surface area (Å²) in [5.41, 5.74) is 1.64. The van der Waals surface area contributed by atoms with Crippen LogP contribution in [0.4, 0.5) is 0 Å². The van der Waals surface area contributed by atoms with Crippen molar-refractivity contribution in [3.8, 4) is 11.5 Å². The van der Waals surface area contributed by atoms with Gasteiger partial charge in [0, 0.05) is 11.6 Å². The Kier molecular flexibility index (Phi) is 4.95. The maximum absolute atomic E-state index is 13.3. The third-order valence-electron chi connectivity index (χ3n) is 4.40. The van der Waals surface area contributed by atoms with Crippen molar-refractivity contribution in [1.29, 1.82) is 0 Å². The average molecular weight is 388 g/mol. The van der Waals surface area contributed by atoms with Gasteiger partial charge in [0.15, 0.2) is 0 Å². The van der Waals surface area contributed by atoms with Gasteiger partial charge in [-0.25, -0.2) is 12.4 Å². The van der Waals surface area contributed by atoms with Crippen LogP contribution in [-0.4, -0.2) is 26.6 Å². The molecule has 1 heterocycles. The van der Waals surface area contributed by atoms with Crippen LogP contribution in [0.25, 0.3) is 10.9 Å². The summed E-state index contributed by atoms with van der Waals surface area (Å²) in [7, 11) is -0.567. The van der Waals surface area contributed by atoms with Crippen LogP contribution < -0.4 is 9.47 Å². The molecule has 3 rings (SSSR count). The van der Waals surface area contributed by atoms with E-state index in [0.29, 0.717) is 17.0 Å². The Labute approximate surface area is 160 Å². The van der Waals surface area contributed by atoms with Crippen molar-refractivity contribution < 1.29 is 17.9 Å². The Morgan fingerprint density at radius 1 is 0.926 bits per heavy atom. The zero-order valence-electron chi connectivity index (χ0n) is 16.3. The molecule has 0 unspecified atom stereocenters. The van der Waals surface area contributed by atoms with E-state index in [0.717, 1.165) is 17.4 Å². The highest BCUT2D eigenvalue weighted by Crippen LogP contribution is 2.33. The van der Waals surface area contributed by atoms with Crippen molar-refractivity contribution in [2.45, 2.75) is 32.1 Å². The minimum Gasteiger partial charge on any atom is -0.497 e. The van der Waals surface area contributed by atoms with E-state index in [2.05, 4.69) is 20.8 Å². The topological polar surface area (TPSA) is 57.5 Å². The molecule has 0 saturated carbocycles. The third kappa shape index (κ3) is 3.81. The Balaban J connectivity index is 2.20. The van der Waals surface area contributed by atoms with Gasteiger partial charge in [0.25, 0.3) is 10.0 Å². The molecule has 0 aliphatic carbocycles. The smallest absolute Gasteiger partial charge is 0.268 e. The summed E-state index contributed by atoms with van der Waals surface area (Å²) < 4.78 is 38.4. The van der Waals surface area contributed by atoms with Crippen LogP contribution in [0.1, 0.15) is 26.3 Å². The summed E-state index contributed by atoms with van der Waals surface area (Å²) in [5, 5.41) is 0.890. The third-order valence-corrected chi connectivity index (χ3v) is 6.09. The van der Waals surface area contributed by atoms with Crippen molar-refractivity contribution in [2.24, 2.45) is 5.41 Å². The van der Waals surface area contributed by atoms with Gasteiger partial charge in [-0.2, -0.15) is 0 Å². The number of benzene rings is 2. The molecule has 3 aromatic rings. The summed E-state index contributed by atoms with van der Waals surface area (Å²) in [6, 6.07) is 11.9. The monoisotopic (exact) mass is 387 g/mol. The number of rotatable bonds is 5. The highest BCUT2D eigenvalue weighted by molar-refractivity contribution is 7.90. The van der Waals surface area contributed by atoms with Crippen LogP contribution in [0.2, 0.25) is 0 Å². The number of hydrogen-bond donors (Lipinski definition) is 0. The van der Waals surface area contributed by atoms with Gasteiger partial charge < -0.3 is 9.47 Å². The van der Waals surface area contributed by atoms with E-state index in [1.165, 1.54) is 3.97 Å². The summed E-state index contributed by atoms with van der Waals surface area (Å²) in [6.07, 6.45) is 2.48. The minimum atomic E-state index is -3.72. The molecule has 0 atom stereocenters. The van der Waals surface area contributed by atoms with Crippen molar-refractivity contribution in [1.82, 2.24) is 3.97 Å². The first kappa shape index (κ1) is 19.3. The predicted octanol–water partition coefficient (Wildman–Crippen LogP) is 4.48. The molecule has 0 bridgehead atoms. The van der Waals surface area contributed by atoms with Gasteiger partial charge in [-0.3, -0.25) is 0 Å². The van der Waals surface area contributed by atoms with Gasteiger partial charge in [-0.05, 0) is 59.9 Å². The average Bonchev–Trinajstić information content (AvgIpc) is 2.98. The number of nitrogens with zero attached hydrogens (tertiary/aromatic N) is 1. The lowest BCUT2D eigenvalue weighted by molar-refractivity contribution is 0.411. The van der Waals surface area contributed by atoms with E-state index in [4.69, 9.17) is 9.47 Å². The molecule has 5 nitrogen and oxygen atoms in total. The Bertz CT molecular complexity index is 1060. The second-order valence-corrected chi connectivity index (χ2v) is 9.57. The van der Waals surface area contributed by atoms with Gasteiger partial charge in [0.05, 0.1) is 24.6 Å². The zero-order valence-corrected chi connectivity index (χ0v) is 17.1. The quantitative estimate of drug-likeness (QED) is 0.647. The maximum atomic E-state index is 13.3. The zero-order chi connectivity index (χ0) is 19.8. The number of hydrogen-bond acceptors (Lipinski definition) is 4. The molecule has 144 valence electrons. The van der Waals surface area contributed by atoms with E-state index < -0.39 is 10.0 Å². The van der Waals surface area contributed by atoms with E-state index in [1.54, 1.807) is 56.8 Å². The highest BCUT2D eigenvalue weighted by atomic mass is 32.2. The molecule has 0 radical (unpaired) electrons. The van der Waals surface area contributed by atoms with Gasteiger partial charge >= 0.3 is 0 Å². The summed E-state index contributed by atoms with van der Waals surface area (Å²) >= 11 is 0. The lowest BCUT2D eigenvalue weighted by Crippen LogP contribution is -2.12. The summed E-state index contributed by atoms with van der Waals surface area (Å²) in [4.78, 5) is 0.221. The fraction of sp³-hybridized carbons (Fsp3) is 0.333. The van der Waals surface area contributed by atoms with Gasteiger partial charge in [-0.15, -0.1) is 0 Å². The first-order valence-electron chi connectivity index (χ1n) is 8.73. The van der Waals surface area contributed by atoms with Crippen LogP contribution in [0.3, 0.4) is 0 Å². The highest BCUT2D eigenvalue weighted by Gasteiger charge is 2.23. The Morgan fingerprint density at radius 2 is 1.52 bits per heavy atom. The van der Waals surface area contributed by atoms with Gasteiger partial charge in [-0.1, -0.05) is 20.8 Å². The molecular weight excluding hydrogens is 362 g/mol. The molecule has 0 saturated heterocycles. The Hall–Kier alpha value is -2.47. The van der Waals surface area contributed by atoms with Gasteiger partial charge in [0.1, 0.15) is 11.5 Å². The molecule has 0 aliphatic rings. The molecule has 0 fully saturated rings. The van der Waals surface area contributed by atoms with Crippen LogP contribution in [-0.2, 0) is 16.4 Å². The van der Waals surface area contributed by atoms with Crippen molar-refractivity contribution in [3.63, 3.8) is 0 Å². The van der Waals surface area contributed by atoms with Crippen LogP contribution in [0.5, 0.6) is 11.5 Å². The molecule has 0 spiro atoms. The molecule has 27 heavy (non-hydrogen) atoms. The standard InChI is InChI=1S/C21H25NO4S/c1-21(2,3)13-15-14-22(20-11-8-17(26-5)12-19(15)20)27(23,24)18-9-6-16(25-4)7-10-18/h6-12,14H,13H2,1-5H3. The molecule has 1 aromatic heterocycles.